The molecular formula is C19H26N4O3. The Morgan fingerprint density at radius 1 is 1.31 bits per heavy atom. The highest BCUT2D eigenvalue weighted by Gasteiger charge is 2.39. The van der Waals surface area contributed by atoms with E-state index in [0.29, 0.717) is 18.7 Å². The zero-order valence-corrected chi connectivity index (χ0v) is 15.8. The van der Waals surface area contributed by atoms with Gasteiger partial charge < -0.3 is 14.6 Å². The topological polar surface area (TPSA) is 80.4 Å². The smallest absolute Gasteiger partial charge is 0.257 e. The normalized spacial score (nSPS) is 19.8. The van der Waals surface area contributed by atoms with Crippen molar-refractivity contribution in [2.75, 3.05) is 13.1 Å². The lowest BCUT2D eigenvalue weighted by molar-refractivity contribution is -0.119. The first-order valence-corrected chi connectivity index (χ1v) is 9.05. The summed E-state index contributed by atoms with van der Waals surface area (Å²) in [6.07, 6.45) is 2.61. The average molecular weight is 358 g/mol. The van der Waals surface area contributed by atoms with Gasteiger partial charge >= 0.3 is 0 Å². The van der Waals surface area contributed by atoms with Crippen LogP contribution in [0.25, 0.3) is 0 Å². The van der Waals surface area contributed by atoms with E-state index in [-0.39, 0.29) is 23.8 Å². The van der Waals surface area contributed by atoms with E-state index in [9.17, 15) is 9.59 Å². The summed E-state index contributed by atoms with van der Waals surface area (Å²) in [5, 5.41) is 7.29. The van der Waals surface area contributed by atoms with Crippen LogP contribution >= 0.6 is 0 Å². The Hall–Kier alpha value is -2.57. The van der Waals surface area contributed by atoms with Gasteiger partial charge in [-0.3, -0.25) is 14.3 Å². The summed E-state index contributed by atoms with van der Waals surface area (Å²) in [7, 11) is 0. The Labute approximate surface area is 153 Å². The van der Waals surface area contributed by atoms with Crippen LogP contribution in [-0.4, -0.2) is 45.6 Å². The van der Waals surface area contributed by atoms with Crippen molar-refractivity contribution in [3.63, 3.8) is 0 Å². The largest absolute Gasteiger partial charge is 0.466 e. The van der Waals surface area contributed by atoms with Crippen LogP contribution in [0.15, 0.2) is 22.7 Å². The van der Waals surface area contributed by atoms with Crippen molar-refractivity contribution in [3.05, 3.63) is 41.1 Å². The molecule has 1 aliphatic heterocycles. The summed E-state index contributed by atoms with van der Waals surface area (Å²) >= 11 is 0. The molecule has 2 amide bonds. The number of amides is 2. The molecule has 1 saturated heterocycles. The molecule has 1 fully saturated rings. The number of carbonyl (C=O) groups is 2. The number of carbonyl (C=O) groups excluding carboxylic acids is 2. The van der Waals surface area contributed by atoms with Crippen LogP contribution in [0.3, 0.4) is 0 Å². The number of nitrogens with one attached hydrogen (secondary N) is 1. The number of hydrogen-bond acceptors (Lipinski definition) is 4. The predicted octanol–water partition coefficient (Wildman–Crippen LogP) is 2.25. The molecule has 3 heterocycles. The predicted molar refractivity (Wildman–Crippen MR) is 96.9 cm³/mol. The molecule has 2 aromatic rings. The summed E-state index contributed by atoms with van der Waals surface area (Å²) in [5.74, 6) is 1.41. The maximum atomic E-state index is 13.0. The number of furan rings is 1. The summed E-state index contributed by atoms with van der Waals surface area (Å²) in [4.78, 5) is 26.4. The Kier molecular flexibility index (Phi) is 5.15. The fraction of sp³-hybridized carbons (Fsp3) is 0.526. The lowest BCUT2D eigenvalue weighted by atomic mass is 10.0. The molecule has 1 N–H and O–H groups in total. The SMILES string of the molecule is CCCn1ncc(C(=O)N2C[C@@H](NC(C)=O)[C@H](c3ccc(C)o3)C2)c1C. The third kappa shape index (κ3) is 3.52. The van der Waals surface area contributed by atoms with Crippen LogP contribution in [0, 0.1) is 13.8 Å². The monoisotopic (exact) mass is 358 g/mol. The summed E-state index contributed by atoms with van der Waals surface area (Å²) < 4.78 is 7.63. The van der Waals surface area contributed by atoms with E-state index in [1.165, 1.54) is 6.92 Å². The van der Waals surface area contributed by atoms with E-state index < -0.39 is 0 Å². The van der Waals surface area contributed by atoms with Crippen molar-refractivity contribution >= 4 is 11.8 Å². The van der Waals surface area contributed by atoms with Gasteiger partial charge in [0.05, 0.1) is 23.7 Å². The Balaban J connectivity index is 1.82. The molecule has 26 heavy (non-hydrogen) atoms. The third-order valence-corrected chi connectivity index (χ3v) is 4.89. The minimum absolute atomic E-state index is 0.0500. The van der Waals surface area contributed by atoms with Gasteiger partial charge in [0.15, 0.2) is 0 Å². The quantitative estimate of drug-likeness (QED) is 0.889. The molecule has 0 unspecified atom stereocenters. The fourth-order valence-corrected chi connectivity index (χ4v) is 3.58. The van der Waals surface area contributed by atoms with E-state index in [1.807, 2.05) is 30.7 Å². The van der Waals surface area contributed by atoms with Gasteiger partial charge in [0, 0.05) is 32.3 Å². The molecule has 7 nitrogen and oxygen atoms in total. The van der Waals surface area contributed by atoms with Crippen LogP contribution in [0.4, 0.5) is 0 Å². The zero-order valence-electron chi connectivity index (χ0n) is 15.8. The van der Waals surface area contributed by atoms with Gasteiger partial charge in [0.25, 0.3) is 5.91 Å². The van der Waals surface area contributed by atoms with E-state index in [2.05, 4.69) is 17.3 Å². The fourth-order valence-electron chi connectivity index (χ4n) is 3.58. The maximum absolute atomic E-state index is 13.0. The molecule has 0 radical (unpaired) electrons. The molecule has 140 valence electrons. The second-order valence-corrected chi connectivity index (χ2v) is 6.94. The van der Waals surface area contributed by atoms with E-state index >= 15 is 0 Å². The average Bonchev–Trinajstić information content (AvgIpc) is 3.27. The maximum Gasteiger partial charge on any atom is 0.257 e. The first kappa shape index (κ1) is 18.2. The van der Waals surface area contributed by atoms with Crippen molar-refractivity contribution in [3.8, 4) is 0 Å². The number of aryl methyl sites for hydroxylation is 2. The number of hydrogen-bond donors (Lipinski definition) is 1. The lowest BCUT2D eigenvalue weighted by Crippen LogP contribution is -2.39. The first-order valence-electron chi connectivity index (χ1n) is 9.05. The van der Waals surface area contributed by atoms with Gasteiger partial charge in [-0.15, -0.1) is 0 Å². The number of aromatic nitrogens is 2. The van der Waals surface area contributed by atoms with Gasteiger partial charge in [-0.25, -0.2) is 0 Å². The van der Waals surface area contributed by atoms with Crippen LogP contribution in [0.1, 0.15) is 53.8 Å². The number of nitrogens with zero attached hydrogens (tertiary/aromatic N) is 3. The minimum Gasteiger partial charge on any atom is -0.466 e. The van der Waals surface area contributed by atoms with Crippen molar-refractivity contribution in [2.24, 2.45) is 0 Å². The van der Waals surface area contributed by atoms with Crippen LogP contribution in [-0.2, 0) is 11.3 Å². The Morgan fingerprint density at radius 2 is 2.08 bits per heavy atom. The molecule has 0 bridgehead atoms. The van der Waals surface area contributed by atoms with Crippen LogP contribution < -0.4 is 5.32 Å². The molecule has 0 spiro atoms. The van der Waals surface area contributed by atoms with Gasteiger partial charge in [-0.05, 0) is 32.4 Å². The third-order valence-electron chi connectivity index (χ3n) is 4.89. The van der Waals surface area contributed by atoms with Crippen molar-refractivity contribution < 1.29 is 14.0 Å². The highest BCUT2D eigenvalue weighted by Crippen LogP contribution is 2.30. The van der Waals surface area contributed by atoms with Gasteiger partial charge in [0.2, 0.25) is 5.91 Å². The molecular weight excluding hydrogens is 332 g/mol. The molecule has 0 aromatic carbocycles. The first-order chi connectivity index (χ1) is 12.4. The zero-order chi connectivity index (χ0) is 18.8. The van der Waals surface area contributed by atoms with Crippen molar-refractivity contribution in [1.29, 1.82) is 0 Å². The van der Waals surface area contributed by atoms with Crippen molar-refractivity contribution in [2.45, 2.75) is 52.6 Å². The summed E-state index contributed by atoms with van der Waals surface area (Å²) in [5.41, 5.74) is 1.50. The highest BCUT2D eigenvalue weighted by molar-refractivity contribution is 5.95. The molecule has 1 aliphatic rings. The molecule has 2 aromatic heterocycles. The Bertz CT molecular complexity index is 808. The highest BCUT2D eigenvalue weighted by atomic mass is 16.3. The number of likely N-dealkylation sites (tertiary alicyclic amines) is 1. The van der Waals surface area contributed by atoms with E-state index in [0.717, 1.165) is 30.2 Å². The molecule has 0 aliphatic carbocycles. The second-order valence-electron chi connectivity index (χ2n) is 6.94. The van der Waals surface area contributed by atoms with Crippen molar-refractivity contribution in [1.82, 2.24) is 20.0 Å². The minimum atomic E-state index is -0.159. The second kappa shape index (κ2) is 7.35. The molecule has 0 saturated carbocycles. The number of rotatable bonds is 5. The molecule has 3 rings (SSSR count). The summed E-state index contributed by atoms with van der Waals surface area (Å²) in [6, 6.07) is 3.67. The van der Waals surface area contributed by atoms with Gasteiger partial charge in [-0.1, -0.05) is 6.92 Å². The lowest BCUT2D eigenvalue weighted by Gasteiger charge is -2.17. The van der Waals surface area contributed by atoms with Crippen LogP contribution in [0.2, 0.25) is 0 Å². The molecule has 7 heteroatoms. The van der Waals surface area contributed by atoms with Gasteiger partial charge in [-0.2, -0.15) is 5.10 Å². The van der Waals surface area contributed by atoms with E-state index in [4.69, 9.17) is 4.42 Å². The molecule has 2 atom stereocenters. The summed E-state index contributed by atoms with van der Waals surface area (Å²) in [6.45, 7) is 9.15. The Morgan fingerprint density at radius 3 is 2.69 bits per heavy atom. The standard InChI is InChI=1S/C19H26N4O3/c1-5-8-23-13(3)15(9-20-23)19(25)22-10-16(17(11-22)21-14(4)24)18-7-6-12(2)26-18/h6-7,9,16-17H,5,8,10-11H2,1-4H3,(H,21,24)/t16-,17-/m1/s1. The van der Waals surface area contributed by atoms with E-state index in [1.54, 1.807) is 11.1 Å². The van der Waals surface area contributed by atoms with Gasteiger partial charge in [0.1, 0.15) is 11.5 Å². The van der Waals surface area contributed by atoms with Crippen LogP contribution in [0.5, 0.6) is 0 Å².